The van der Waals surface area contributed by atoms with E-state index in [1.807, 2.05) is 13.0 Å². The summed E-state index contributed by atoms with van der Waals surface area (Å²) in [4.78, 5) is 5.30. The second-order valence-electron chi connectivity index (χ2n) is 10.9. The number of imidazole rings is 1. The van der Waals surface area contributed by atoms with Gasteiger partial charge in [-0.1, -0.05) is 20.8 Å². The van der Waals surface area contributed by atoms with E-state index in [1.165, 1.54) is 0 Å². The third-order valence-corrected chi connectivity index (χ3v) is 9.03. The van der Waals surface area contributed by atoms with Gasteiger partial charge in [-0.25, -0.2) is 13.4 Å². The van der Waals surface area contributed by atoms with Gasteiger partial charge in [0, 0.05) is 44.9 Å². The van der Waals surface area contributed by atoms with Crippen LogP contribution in [-0.4, -0.2) is 61.8 Å². The van der Waals surface area contributed by atoms with E-state index in [4.69, 9.17) is 14.5 Å². The van der Waals surface area contributed by atoms with Crippen LogP contribution in [0.1, 0.15) is 65.6 Å². The molecular weight excluding hydrogens is 450 g/mol. The number of aryl methyl sites for hydroxylation is 1. The molecule has 1 aromatic heterocycles. The normalized spacial score (nSPS) is 21.4. The molecule has 4 rings (SSSR count). The van der Waals surface area contributed by atoms with Crippen LogP contribution in [0.4, 0.5) is 0 Å². The van der Waals surface area contributed by atoms with E-state index in [9.17, 15) is 8.42 Å². The second kappa shape index (κ2) is 10.6. The Morgan fingerprint density at radius 2 is 1.91 bits per heavy atom. The summed E-state index contributed by atoms with van der Waals surface area (Å²) in [5, 5.41) is 0. The smallest absolute Gasteiger partial charge is 0.243 e. The molecule has 1 aromatic carbocycles. The van der Waals surface area contributed by atoms with Crippen molar-refractivity contribution in [2.75, 3.05) is 39.5 Å². The maximum absolute atomic E-state index is 13.5. The number of ether oxygens (including phenoxy) is 2. The molecule has 0 spiro atoms. The lowest BCUT2D eigenvalue weighted by Crippen LogP contribution is -2.41. The van der Waals surface area contributed by atoms with Crippen LogP contribution in [0.3, 0.4) is 0 Å². The minimum Gasteiger partial charge on any atom is -0.381 e. The molecule has 7 nitrogen and oxygen atoms in total. The zero-order valence-electron chi connectivity index (χ0n) is 21.3. The van der Waals surface area contributed by atoms with Gasteiger partial charge >= 0.3 is 0 Å². The summed E-state index contributed by atoms with van der Waals surface area (Å²) in [7, 11) is -3.57. The van der Waals surface area contributed by atoms with Crippen LogP contribution in [0.5, 0.6) is 0 Å². The summed E-state index contributed by atoms with van der Waals surface area (Å²) < 4.78 is 42.0. The van der Waals surface area contributed by atoms with Crippen LogP contribution in [0.2, 0.25) is 0 Å². The average molecular weight is 492 g/mol. The quantitative estimate of drug-likeness (QED) is 0.540. The first kappa shape index (κ1) is 25.6. The fourth-order valence-corrected chi connectivity index (χ4v) is 6.81. The highest BCUT2D eigenvalue weighted by atomic mass is 32.2. The van der Waals surface area contributed by atoms with Crippen molar-refractivity contribution in [3.05, 3.63) is 24.0 Å². The highest BCUT2D eigenvalue weighted by Crippen LogP contribution is 2.31. The lowest BCUT2D eigenvalue weighted by atomic mass is 9.94. The zero-order chi connectivity index (χ0) is 24.3. The molecule has 0 amide bonds. The minimum atomic E-state index is -3.57. The SMILES string of the molecule is CCOC[C@H]1CCCN(S(=O)(=O)c2ccc3c(c2)nc(C(C)(C)C)n3CCC2CCOCC2)C1. The van der Waals surface area contributed by atoms with Gasteiger partial charge in [-0.3, -0.25) is 0 Å². The number of benzene rings is 1. The van der Waals surface area contributed by atoms with E-state index >= 15 is 0 Å². The number of fused-ring (bicyclic) bond motifs is 1. The van der Waals surface area contributed by atoms with Gasteiger partial charge in [0.05, 0.1) is 22.5 Å². The molecule has 2 aromatic rings. The van der Waals surface area contributed by atoms with Crippen molar-refractivity contribution in [2.24, 2.45) is 11.8 Å². The number of sulfonamides is 1. The summed E-state index contributed by atoms with van der Waals surface area (Å²) in [5.41, 5.74) is 1.65. The van der Waals surface area contributed by atoms with Crippen molar-refractivity contribution in [1.29, 1.82) is 0 Å². The largest absolute Gasteiger partial charge is 0.381 e. The molecule has 190 valence electrons. The van der Waals surface area contributed by atoms with E-state index in [2.05, 4.69) is 25.3 Å². The van der Waals surface area contributed by atoms with Crippen molar-refractivity contribution >= 4 is 21.1 Å². The maximum Gasteiger partial charge on any atom is 0.243 e. The van der Waals surface area contributed by atoms with Gasteiger partial charge in [0.1, 0.15) is 5.82 Å². The van der Waals surface area contributed by atoms with Crippen molar-refractivity contribution in [1.82, 2.24) is 13.9 Å². The number of hydrogen-bond donors (Lipinski definition) is 0. The average Bonchev–Trinajstić information content (AvgIpc) is 3.21. The van der Waals surface area contributed by atoms with Gasteiger partial charge in [-0.05, 0) is 69.1 Å². The molecule has 0 aliphatic carbocycles. The van der Waals surface area contributed by atoms with Crippen LogP contribution < -0.4 is 0 Å². The molecule has 0 radical (unpaired) electrons. The Balaban J connectivity index is 1.60. The maximum atomic E-state index is 13.5. The molecule has 3 heterocycles. The van der Waals surface area contributed by atoms with Crippen molar-refractivity contribution in [2.45, 2.75) is 76.7 Å². The molecule has 2 aliphatic heterocycles. The molecule has 2 saturated heterocycles. The highest BCUT2D eigenvalue weighted by Gasteiger charge is 2.31. The molecule has 0 saturated carbocycles. The third-order valence-electron chi connectivity index (χ3n) is 7.17. The van der Waals surface area contributed by atoms with Crippen LogP contribution in [0, 0.1) is 11.8 Å². The Kier molecular flexibility index (Phi) is 8.02. The van der Waals surface area contributed by atoms with Crippen LogP contribution >= 0.6 is 0 Å². The van der Waals surface area contributed by atoms with Crippen LogP contribution in [0.15, 0.2) is 23.1 Å². The van der Waals surface area contributed by atoms with E-state index in [1.54, 1.807) is 16.4 Å². The first-order valence-corrected chi connectivity index (χ1v) is 14.3. The zero-order valence-corrected chi connectivity index (χ0v) is 22.1. The van der Waals surface area contributed by atoms with E-state index < -0.39 is 10.0 Å². The summed E-state index contributed by atoms with van der Waals surface area (Å²) in [6, 6.07) is 5.50. The Morgan fingerprint density at radius 1 is 1.15 bits per heavy atom. The molecule has 0 N–H and O–H groups in total. The first-order chi connectivity index (χ1) is 16.2. The van der Waals surface area contributed by atoms with Crippen LogP contribution in [0.25, 0.3) is 11.0 Å². The fourth-order valence-electron chi connectivity index (χ4n) is 5.23. The Labute approximate surface area is 204 Å². The van der Waals surface area contributed by atoms with Crippen molar-refractivity contribution in [3.63, 3.8) is 0 Å². The Bertz CT molecular complexity index is 1070. The summed E-state index contributed by atoms with van der Waals surface area (Å²) in [6.07, 6.45) is 5.19. The third kappa shape index (κ3) is 5.66. The number of nitrogens with zero attached hydrogens (tertiary/aromatic N) is 3. The van der Waals surface area contributed by atoms with E-state index in [0.29, 0.717) is 37.1 Å². The fraction of sp³-hybridized carbons (Fsp3) is 0.731. The predicted octanol–water partition coefficient (Wildman–Crippen LogP) is 4.59. The number of hydrogen-bond acceptors (Lipinski definition) is 5. The lowest BCUT2D eigenvalue weighted by molar-refractivity contribution is 0.0625. The molecule has 8 heteroatoms. The Morgan fingerprint density at radius 3 is 2.62 bits per heavy atom. The van der Waals surface area contributed by atoms with Gasteiger partial charge in [0.25, 0.3) is 0 Å². The van der Waals surface area contributed by atoms with E-state index in [0.717, 1.165) is 68.7 Å². The van der Waals surface area contributed by atoms with Gasteiger partial charge < -0.3 is 14.0 Å². The molecular formula is C26H41N3O4S. The molecule has 1 atom stereocenters. The topological polar surface area (TPSA) is 73.7 Å². The second-order valence-corrected chi connectivity index (χ2v) is 12.8. The molecule has 34 heavy (non-hydrogen) atoms. The number of piperidine rings is 1. The first-order valence-electron chi connectivity index (χ1n) is 12.9. The summed E-state index contributed by atoms with van der Waals surface area (Å²) in [5.74, 6) is 1.94. The summed E-state index contributed by atoms with van der Waals surface area (Å²) in [6.45, 7) is 13.4. The van der Waals surface area contributed by atoms with Gasteiger partial charge in [-0.15, -0.1) is 0 Å². The van der Waals surface area contributed by atoms with Gasteiger partial charge in [0.2, 0.25) is 10.0 Å². The molecule has 2 aliphatic rings. The molecule has 0 bridgehead atoms. The van der Waals surface area contributed by atoms with Crippen LogP contribution in [-0.2, 0) is 31.5 Å². The highest BCUT2D eigenvalue weighted by molar-refractivity contribution is 7.89. The van der Waals surface area contributed by atoms with E-state index in [-0.39, 0.29) is 11.3 Å². The van der Waals surface area contributed by atoms with Crippen molar-refractivity contribution in [3.8, 4) is 0 Å². The lowest BCUT2D eigenvalue weighted by Gasteiger charge is -2.31. The molecule has 0 unspecified atom stereocenters. The predicted molar refractivity (Wildman–Crippen MR) is 135 cm³/mol. The number of rotatable bonds is 8. The van der Waals surface area contributed by atoms with Crippen molar-refractivity contribution < 1.29 is 17.9 Å². The Hall–Kier alpha value is -1.48. The van der Waals surface area contributed by atoms with Gasteiger partial charge in [0.15, 0.2) is 0 Å². The monoisotopic (exact) mass is 491 g/mol. The standard InChI is InChI=1S/C26H41N3O4S/c1-5-32-19-21-7-6-13-28(18-21)34(30,31)22-8-9-24-23(17-22)27-25(26(2,3)4)29(24)14-10-20-11-15-33-16-12-20/h8-9,17,20-21H,5-7,10-16,18-19H2,1-4H3/t21-/m0/s1. The molecule has 2 fully saturated rings. The minimum absolute atomic E-state index is 0.132. The summed E-state index contributed by atoms with van der Waals surface area (Å²) >= 11 is 0. The van der Waals surface area contributed by atoms with Gasteiger partial charge in [-0.2, -0.15) is 4.31 Å². The number of aromatic nitrogens is 2.